The summed E-state index contributed by atoms with van der Waals surface area (Å²) in [6, 6.07) is 0. The Balaban J connectivity index is 2.77. The minimum absolute atomic E-state index is 0.109. The second kappa shape index (κ2) is 5.33. The van der Waals surface area contributed by atoms with Gasteiger partial charge in [-0.05, 0) is 6.92 Å². The maximum Gasteiger partial charge on any atom is 0.323 e. The molecule has 1 aromatic heterocycles. The maximum atomic E-state index is 11.9. The molecule has 1 atom stereocenters. The molecule has 1 amide bonds. The molecule has 7 nitrogen and oxygen atoms in total. The Hall–Kier alpha value is -2.05. The van der Waals surface area contributed by atoms with Crippen LogP contribution in [0.2, 0.25) is 0 Å². The highest BCUT2D eigenvalue weighted by Gasteiger charge is 2.21. The van der Waals surface area contributed by atoms with Crippen LogP contribution in [-0.4, -0.2) is 44.9 Å². The first-order chi connectivity index (χ1) is 7.95. The maximum absolute atomic E-state index is 11.9. The molecule has 0 aliphatic heterocycles. The van der Waals surface area contributed by atoms with Gasteiger partial charge in [-0.15, -0.1) is 0 Å². The zero-order valence-corrected chi connectivity index (χ0v) is 9.69. The largest absolute Gasteiger partial charge is 0.481 e. The number of nitrogens with zero attached hydrogens (tertiary/aromatic N) is 1. The molecule has 17 heavy (non-hydrogen) atoms. The van der Waals surface area contributed by atoms with Crippen LogP contribution in [0.5, 0.6) is 0 Å². The Bertz CT molecular complexity index is 462. The zero-order chi connectivity index (χ0) is 13.0. The third kappa shape index (κ3) is 3.20. The summed E-state index contributed by atoms with van der Waals surface area (Å²) in [6.45, 7) is 3.76. The SMILES string of the molecule is CCN(CC(C)C(=O)O)C(=O)c1c[nH]c(=O)[nH]1. The molecule has 7 heteroatoms. The summed E-state index contributed by atoms with van der Waals surface area (Å²) in [5.74, 6) is -2.00. The number of carbonyl (C=O) groups is 2. The van der Waals surface area contributed by atoms with E-state index in [0.29, 0.717) is 6.54 Å². The fourth-order valence-corrected chi connectivity index (χ4v) is 1.38. The Morgan fingerprint density at radius 1 is 1.53 bits per heavy atom. The van der Waals surface area contributed by atoms with Crippen molar-refractivity contribution in [2.45, 2.75) is 13.8 Å². The van der Waals surface area contributed by atoms with Gasteiger partial charge in [-0.3, -0.25) is 9.59 Å². The van der Waals surface area contributed by atoms with Gasteiger partial charge in [0.15, 0.2) is 0 Å². The Labute approximate surface area is 97.5 Å². The third-order valence-electron chi connectivity index (χ3n) is 2.41. The standard InChI is InChI=1S/C10H15N3O4/c1-3-13(5-6(2)9(15)16)8(14)7-4-11-10(17)12-7/h4,6H,3,5H2,1-2H3,(H,15,16)(H2,11,12,17). The molecule has 0 aromatic carbocycles. The smallest absolute Gasteiger partial charge is 0.323 e. The lowest BCUT2D eigenvalue weighted by Crippen LogP contribution is -2.37. The molecule has 0 radical (unpaired) electrons. The molecule has 3 N–H and O–H groups in total. The summed E-state index contributed by atoms with van der Waals surface area (Å²) >= 11 is 0. The van der Waals surface area contributed by atoms with Crippen LogP contribution in [0, 0.1) is 5.92 Å². The van der Waals surface area contributed by atoms with Gasteiger partial charge < -0.3 is 20.0 Å². The summed E-state index contributed by atoms with van der Waals surface area (Å²) in [5, 5.41) is 8.78. The van der Waals surface area contributed by atoms with E-state index in [2.05, 4.69) is 9.97 Å². The van der Waals surface area contributed by atoms with Crippen molar-refractivity contribution in [2.75, 3.05) is 13.1 Å². The van der Waals surface area contributed by atoms with Crippen molar-refractivity contribution >= 4 is 11.9 Å². The van der Waals surface area contributed by atoms with Gasteiger partial charge in [-0.25, -0.2) is 4.79 Å². The second-order valence-corrected chi connectivity index (χ2v) is 3.74. The molecule has 0 bridgehead atoms. The number of hydrogen-bond acceptors (Lipinski definition) is 3. The number of aliphatic carboxylic acids is 1. The van der Waals surface area contributed by atoms with E-state index >= 15 is 0 Å². The van der Waals surface area contributed by atoms with Gasteiger partial charge >= 0.3 is 11.7 Å². The molecule has 0 fully saturated rings. The number of carbonyl (C=O) groups excluding carboxylic acids is 1. The highest BCUT2D eigenvalue weighted by atomic mass is 16.4. The summed E-state index contributed by atoms with van der Waals surface area (Å²) in [4.78, 5) is 39.5. The Kier molecular flexibility index (Phi) is 4.08. The number of H-pyrrole nitrogens is 2. The number of hydrogen-bond donors (Lipinski definition) is 3. The number of carboxylic acids is 1. The fourth-order valence-electron chi connectivity index (χ4n) is 1.38. The molecule has 0 spiro atoms. The molecule has 0 aliphatic rings. The average molecular weight is 241 g/mol. The van der Waals surface area contributed by atoms with Gasteiger partial charge in [0, 0.05) is 19.3 Å². The molecule has 1 rings (SSSR count). The molecule has 0 aliphatic carbocycles. The van der Waals surface area contributed by atoms with Gasteiger partial charge in [0.2, 0.25) is 0 Å². The van der Waals surface area contributed by atoms with Crippen molar-refractivity contribution in [1.29, 1.82) is 0 Å². The van der Waals surface area contributed by atoms with Crippen LogP contribution in [0.15, 0.2) is 11.0 Å². The minimum Gasteiger partial charge on any atom is -0.481 e. The van der Waals surface area contributed by atoms with E-state index in [-0.39, 0.29) is 18.1 Å². The number of nitrogens with one attached hydrogen (secondary N) is 2. The molecule has 1 aromatic rings. The van der Waals surface area contributed by atoms with Crippen LogP contribution in [0.4, 0.5) is 0 Å². The first kappa shape index (κ1) is 13.0. The predicted molar refractivity (Wildman–Crippen MR) is 59.8 cm³/mol. The quantitative estimate of drug-likeness (QED) is 0.668. The van der Waals surface area contributed by atoms with E-state index in [1.165, 1.54) is 18.0 Å². The van der Waals surface area contributed by atoms with Crippen LogP contribution in [-0.2, 0) is 4.79 Å². The van der Waals surface area contributed by atoms with Gasteiger partial charge in [-0.1, -0.05) is 6.92 Å². The number of carboxylic acid groups (broad SMARTS) is 1. The average Bonchev–Trinajstić information content (AvgIpc) is 2.71. The van der Waals surface area contributed by atoms with Crippen molar-refractivity contribution < 1.29 is 14.7 Å². The van der Waals surface area contributed by atoms with Gasteiger partial charge in [0.1, 0.15) is 5.69 Å². The molecular formula is C10H15N3O4. The fraction of sp³-hybridized carbons (Fsp3) is 0.500. The van der Waals surface area contributed by atoms with Crippen LogP contribution in [0.3, 0.4) is 0 Å². The van der Waals surface area contributed by atoms with E-state index in [9.17, 15) is 14.4 Å². The highest BCUT2D eigenvalue weighted by Crippen LogP contribution is 2.04. The lowest BCUT2D eigenvalue weighted by Gasteiger charge is -2.21. The van der Waals surface area contributed by atoms with Crippen LogP contribution < -0.4 is 5.69 Å². The van der Waals surface area contributed by atoms with Crippen molar-refractivity contribution in [2.24, 2.45) is 5.92 Å². The summed E-state index contributed by atoms with van der Waals surface area (Å²) in [5.41, 5.74) is -0.329. The minimum atomic E-state index is -0.959. The van der Waals surface area contributed by atoms with Gasteiger partial charge in [-0.2, -0.15) is 0 Å². The van der Waals surface area contributed by atoms with E-state index < -0.39 is 17.6 Å². The summed E-state index contributed by atoms with van der Waals surface area (Å²) in [6.07, 6.45) is 1.28. The number of aromatic amines is 2. The first-order valence-corrected chi connectivity index (χ1v) is 5.25. The molecule has 1 unspecified atom stereocenters. The highest BCUT2D eigenvalue weighted by molar-refractivity contribution is 5.92. The lowest BCUT2D eigenvalue weighted by molar-refractivity contribution is -0.141. The monoisotopic (exact) mass is 241 g/mol. The normalized spacial score (nSPS) is 12.1. The molecule has 1 heterocycles. The first-order valence-electron chi connectivity index (χ1n) is 5.25. The van der Waals surface area contributed by atoms with E-state index in [0.717, 1.165) is 0 Å². The number of rotatable bonds is 5. The van der Waals surface area contributed by atoms with E-state index in [1.54, 1.807) is 6.92 Å². The Morgan fingerprint density at radius 3 is 2.59 bits per heavy atom. The summed E-state index contributed by atoms with van der Waals surface area (Å²) in [7, 11) is 0. The topological polar surface area (TPSA) is 106 Å². The van der Waals surface area contributed by atoms with Gasteiger partial charge in [0.25, 0.3) is 5.91 Å². The lowest BCUT2D eigenvalue weighted by atomic mass is 10.1. The van der Waals surface area contributed by atoms with E-state index in [4.69, 9.17) is 5.11 Å². The van der Waals surface area contributed by atoms with Crippen LogP contribution >= 0.6 is 0 Å². The second-order valence-electron chi connectivity index (χ2n) is 3.74. The molecule has 94 valence electrons. The van der Waals surface area contributed by atoms with Gasteiger partial charge in [0.05, 0.1) is 5.92 Å². The number of aromatic nitrogens is 2. The number of amides is 1. The number of imidazole rings is 1. The molecular weight excluding hydrogens is 226 g/mol. The van der Waals surface area contributed by atoms with Crippen molar-refractivity contribution in [3.63, 3.8) is 0 Å². The van der Waals surface area contributed by atoms with Crippen LogP contribution in [0.1, 0.15) is 24.3 Å². The predicted octanol–water partition coefficient (Wildman–Crippen LogP) is -0.114. The molecule has 0 saturated heterocycles. The van der Waals surface area contributed by atoms with Crippen molar-refractivity contribution in [3.8, 4) is 0 Å². The summed E-state index contributed by atoms with van der Waals surface area (Å²) < 4.78 is 0. The van der Waals surface area contributed by atoms with Crippen LogP contribution in [0.25, 0.3) is 0 Å². The third-order valence-corrected chi connectivity index (χ3v) is 2.41. The van der Waals surface area contributed by atoms with Crippen molar-refractivity contribution in [1.82, 2.24) is 14.9 Å². The van der Waals surface area contributed by atoms with Crippen molar-refractivity contribution in [3.05, 3.63) is 22.4 Å². The zero-order valence-electron chi connectivity index (χ0n) is 9.69. The van der Waals surface area contributed by atoms with E-state index in [1.807, 2.05) is 0 Å². The Morgan fingerprint density at radius 2 is 2.18 bits per heavy atom. The molecule has 0 saturated carbocycles.